The van der Waals surface area contributed by atoms with Crippen LogP contribution >= 0.6 is 15.9 Å². The van der Waals surface area contributed by atoms with Crippen molar-refractivity contribution in [2.24, 2.45) is 0 Å². The van der Waals surface area contributed by atoms with E-state index in [1.54, 1.807) is 7.11 Å². The van der Waals surface area contributed by atoms with Crippen molar-refractivity contribution in [3.05, 3.63) is 16.4 Å². The summed E-state index contributed by atoms with van der Waals surface area (Å²) < 4.78 is 13.9. The van der Waals surface area contributed by atoms with E-state index in [0.29, 0.717) is 12.8 Å². The molecular weight excluding hydrogens is 260 g/mol. The van der Waals surface area contributed by atoms with Gasteiger partial charge in [0.25, 0.3) is 0 Å². The van der Waals surface area contributed by atoms with Crippen molar-refractivity contribution < 1.29 is 9.47 Å². The van der Waals surface area contributed by atoms with Gasteiger partial charge in [-0.25, -0.2) is 4.68 Å². The van der Waals surface area contributed by atoms with Crippen molar-refractivity contribution in [2.75, 3.05) is 7.11 Å². The molecule has 0 unspecified atom stereocenters. The standard InChI is InChI=1S/C10H13BrN2O2/c1-14-6-13-9(7(11)5-12-13)10-4-2-3-8(10)15-10/h5,8H,2-4,6H2,1H3/t8-,10-/m0/s1. The lowest BCUT2D eigenvalue weighted by Crippen LogP contribution is -2.17. The molecule has 2 fully saturated rings. The normalized spacial score (nSPS) is 33.1. The number of nitrogens with zero attached hydrogens (tertiary/aromatic N) is 2. The summed E-state index contributed by atoms with van der Waals surface area (Å²) in [6, 6.07) is 0. The third-order valence-electron chi connectivity index (χ3n) is 3.28. The van der Waals surface area contributed by atoms with Gasteiger partial charge in [0.1, 0.15) is 12.3 Å². The van der Waals surface area contributed by atoms with Gasteiger partial charge < -0.3 is 9.47 Å². The molecule has 0 bridgehead atoms. The van der Waals surface area contributed by atoms with Crippen molar-refractivity contribution >= 4 is 15.9 Å². The van der Waals surface area contributed by atoms with Crippen LogP contribution in [0.2, 0.25) is 0 Å². The molecule has 1 saturated heterocycles. The van der Waals surface area contributed by atoms with Gasteiger partial charge in [0.2, 0.25) is 0 Å². The van der Waals surface area contributed by atoms with Gasteiger partial charge in [0, 0.05) is 7.11 Å². The van der Waals surface area contributed by atoms with E-state index in [1.807, 2.05) is 10.9 Å². The van der Waals surface area contributed by atoms with E-state index in [-0.39, 0.29) is 5.60 Å². The molecule has 2 heterocycles. The molecule has 2 atom stereocenters. The number of rotatable bonds is 3. The summed E-state index contributed by atoms with van der Waals surface area (Å²) in [5.74, 6) is 0. The molecule has 4 nitrogen and oxygen atoms in total. The van der Waals surface area contributed by atoms with Crippen molar-refractivity contribution in [1.29, 1.82) is 0 Å². The molecule has 0 amide bonds. The number of methoxy groups -OCH3 is 1. The van der Waals surface area contributed by atoms with Gasteiger partial charge in [-0.1, -0.05) is 0 Å². The molecule has 0 spiro atoms. The Hall–Kier alpha value is -0.390. The summed E-state index contributed by atoms with van der Waals surface area (Å²) in [6.45, 7) is 0.485. The first-order chi connectivity index (χ1) is 7.28. The van der Waals surface area contributed by atoms with Crippen LogP contribution in [0.3, 0.4) is 0 Å². The maximum Gasteiger partial charge on any atom is 0.139 e. The molecule has 0 radical (unpaired) electrons. The highest BCUT2D eigenvalue weighted by atomic mass is 79.9. The Balaban J connectivity index is 1.99. The number of ether oxygens (including phenoxy) is 2. The van der Waals surface area contributed by atoms with E-state index in [9.17, 15) is 0 Å². The lowest BCUT2D eigenvalue weighted by molar-refractivity contribution is 0.111. The fourth-order valence-electron chi connectivity index (χ4n) is 2.61. The number of epoxide rings is 1. The van der Waals surface area contributed by atoms with E-state index >= 15 is 0 Å². The van der Waals surface area contributed by atoms with Gasteiger partial charge in [0.15, 0.2) is 0 Å². The lowest BCUT2D eigenvalue weighted by Gasteiger charge is -2.12. The van der Waals surface area contributed by atoms with Gasteiger partial charge in [-0.05, 0) is 35.2 Å². The Morgan fingerprint density at radius 1 is 1.80 bits per heavy atom. The summed E-state index contributed by atoms with van der Waals surface area (Å²) in [5, 5.41) is 4.29. The number of halogens is 1. The predicted octanol–water partition coefficient (Wildman–Crippen LogP) is 2.03. The summed E-state index contributed by atoms with van der Waals surface area (Å²) in [5.41, 5.74) is 1.08. The lowest BCUT2D eigenvalue weighted by atomic mass is 10.0. The summed E-state index contributed by atoms with van der Waals surface area (Å²) >= 11 is 3.54. The summed E-state index contributed by atoms with van der Waals surface area (Å²) in [7, 11) is 1.68. The van der Waals surface area contributed by atoms with Gasteiger partial charge in [-0.2, -0.15) is 5.10 Å². The monoisotopic (exact) mass is 272 g/mol. The maximum absolute atomic E-state index is 5.81. The van der Waals surface area contributed by atoms with Gasteiger partial charge in [0.05, 0.1) is 22.5 Å². The third kappa shape index (κ3) is 1.30. The zero-order valence-electron chi connectivity index (χ0n) is 8.57. The van der Waals surface area contributed by atoms with Crippen LogP contribution in [0.1, 0.15) is 25.0 Å². The molecule has 0 N–H and O–H groups in total. The molecule has 15 heavy (non-hydrogen) atoms. The zero-order valence-corrected chi connectivity index (χ0v) is 10.2. The van der Waals surface area contributed by atoms with Crippen LogP contribution in [-0.2, 0) is 21.8 Å². The van der Waals surface area contributed by atoms with E-state index in [0.717, 1.165) is 16.6 Å². The van der Waals surface area contributed by atoms with Crippen LogP contribution < -0.4 is 0 Å². The number of hydrogen-bond donors (Lipinski definition) is 0. The minimum Gasteiger partial charge on any atom is -0.362 e. The zero-order chi connectivity index (χ0) is 10.5. The second-order valence-electron chi connectivity index (χ2n) is 4.15. The van der Waals surface area contributed by atoms with Crippen LogP contribution in [0.4, 0.5) is 0 Å². The second kappa shape index (κ2) is 3.30. The van der Waals surface area contributed by atoms with Gasteiger partial charge in [-0.3, -0.25) is 0 Å². The second-order valence-corrected chi connectivity index (χ2v) is 5.00. The molecule has 1 aliphatic heterocycles. The molecule has 5 heteroatoms. The smallest absolute Gasteiger partial charge is 0.139 e. The molecule has 1 aromatic heterocycles. The van der Waals surface area contributed by atoms with Crippen molar-refractivity contribution in [3.63, 3.8) is 0 Å². The molecule has 3 rings (SSSR count). The Kier molecular flexibility index (Phi) is 2.16. The first-order valence-electron chi connectivity index (χ1n) is 5.16. The molecule has 0 aromatic carbocycles. The van der Waals surface area contributed by atoms with Crippen LogP contribution in [0.15, 0.2) is 10.7 Å². The van der Waals surface area contributed by atoms with Crippen LogP contribution in [0, 0.1) is 0 Å². The van der Waals surface area contributed by atoms with E-state index in [4.69, 9.17) is 9.47 Å². The summed E-state index contributed by atoms with van der Waals surface area (Å²) in [4.78, 5) is 0. The fourth-order valence-corrected chi connectivity index (χ4v) is 3.24. The van der Waals surface area contributed by atoms with Crippen molar-refractivity contribution in [1.82, 2.24) is 9.78 Å². The number of hydrogen-bond acceptors (Lipinski definition) is 3. The molecular formula is C10H13BrN2O2. The molecule has 1 aromatic rings. The van der Waals surface area contributed by atoms with E-state index in [1.165, 1.54) is 12.8 Å². The van der Waals surface area contributed by atoms with Crippen LogP contribution in [-0.4, -0.2) is 23.0 Å². The Bertz CT molecular complexity index is 393. The number of fused-ring (bicyclic) bond motifs is 1. The van der Waals surface area contributed by atoms with Crippen molar-refractivity contribution in [3.8, 4) is 0 Å². The highest BCUT2D eigenvalue weighted by Gasteiger charge is 2.62. The minimum absolute atomic E-state index is 0.0616. The van der Waals surface area contributed by atoms with Gasteiger partial charge >= 0.3 is 0 Å². The predicted molar refractivity (Wildman–Crippen MR) is 57.3 cm³/mol. The Morgan fingerprint density at radius 3 is 3.27 bits per heavy atom. The van der Waals surface area contributed by atoms with E-state index < -0.39 is 0 Å². The highest BCUT2D eigenvalue weighted by Crippen LogP contribution is 2.58. The first kappa shape index (κ1) is 9.81. The number of aromatic nitrogens is 2. The minimum atomic E-state index is -0.0616. The molecule has 1 saturated carbocycles. The first-order valence-corrected chi connectivity index (χ1v) is 5.96. The molecule has 1 aliphatic carbocycles. The van der Waals surface area contributed by atoms with Crippen LogP contribution in [0.25, 0.3) is 0 Å². The van der Waals surface area contributed by atoms with E-state index in [2.05, 4.69) is 21.0 Å². The fraction of sp³-hybridized carbons (Fsp3) is 0.700. The SMILES string of the molecule is COCn1ncc(Br)c1[C@]12CCC[C@@H]1O2. The summed E-state index contributed by atoms with van der Waals surface area (Å²) in [6.07, 6.45) is 5.74. The quantitative estimate of drug-likeness (QED) is 0.791. The average Bonchev–Trinajstić information content (AvgIpc) is 2.58. The Labute approximate surface area is 96.7 Å². The average molecular weight is 273 g/mol. The Morgan fingerprint density at radius 2 is 2.67 bits per heavy atom. The molecule has 2 aliphatic rings. The third-order valence-corrected chi connectivity index (χ3v) is 3.86. The van der Waals surface area contributed by atoms with Crippen LogP contribution in [0.5, 0.6) is 0 Å². The molecule has 82 valence electrons. The maximum atomic E-state index is 5.81. The van der Waals surface area contributed by atoms with Gasteiger partial charge in [-0.15, -0.1) is 0 Å². The topological polar surface area (TPSA) is 39.6 Å². The largest absolute Gasteiger partial charge is 0.362 e. The van der Waals surface area contributed by atoms with Crippen molar-refractivity contribution in [2.45, 2.75) is 37.7 Å². The highest BCUT2D eigenvalue weighted by molar-refractivity contribution is 9.10.